The van der Waals surface area contributed by atoms with E-state index in [9.17, 15) is 60.7 Å². The fourth-order valence-corrected chi connectivity index (χ4v) is 4.84. The van der Waals surface area contributed by atoms with Crippen LogP contribution >= 0.6 is 0 Å². The number of phenolic OH excluding ortho intramolecular Hbond substituents is 4. The molecule has 0 bridgehead atoms. The highest BCUT2D eigenvalue weighted by Crippen LogP contribution is 2.39. The Labute approximate surface area is 265 Å². The van der Waals surface area contributed by atoms with Gasteiger partial charge in [-0.1, -0.05) is 0 Å². The summed E-state index contributed by atoms with van der Waals surface area (Å²) in [6.07, 6.45) is -16.2. The van der Waals surface area contributed by atoms with Crippen LogP contribution in [-0.2, 0) is 19.0 Å². The maximum Gasteiger partial charge on any atom is 0.239 e. The molecule has 0 spiro atoms. The molecule has 0 aliphatic carbocycles. The third kappa shape index (κ3) is 7.59. The highest BCUT2D eigenvalue weighted by atomic mass is 16.7. The van der Waals surface area contributed by atoms with Gasteiger partial charge < -0.3 is 79.2 Å². The average molecular weight is 669 g/mol. The lowest BCUT2D eigenvalue weighted by atomic mass is 9.98. The number of ketones is 1. The van der Waals surface area contributed by atoms with E-state index in [1.165, 1.54) is 26.8 Å². The van der Waals surface area contributed by atoms with Crippen molar-refractivity contribution in [3.8, 4) is 40.1 Å². The van der Waals surface area contributed by atoms with Crippen LogP contribution in [0.1, 0.15) is 20.8 Å². The first-order valence-corrected chi connectivity index (χ1v) is 14.2. The highest BCUT2D eigenvalue weighted by molar-refractivity contribution is 5.88. The summed E-state index contributed by atoms with van der Waals surface area (Å²) >= 11 is 0. The number of rotatable bonds is 6. The van der Waals surface area contributed by atoms with Crippen LogP contribution in [0.15, 0.2) is 39.5 Å². The normalized spacial score (nSPS) is 30.7. The molecule has 17 heteroatoms. The minimum Gasteiger partial charge on any atom is -0.508 e. The molecule has 0 amide bonds. The molecule has 2 aliphatic rings. The fourth-order valence-electron chi connectivity index (χ4n) is 4.84. The van der Waals surface area contributed by atoms with Gasteiger partial charge in [-0.3, -0.25) is 4.79 Å². The van der Waals surface area contributed by atoms with Gasteiger partial charge >= 0.3 is 0 Å². The third-order valence-corrected chi connectivity index (χ3v) is 7.29. The SMILES string of the molecule is CC(C)=O.C[C@@H]1O[C@@H](OC[C@H]2O[C@@H](Oc3c(-c4ccc(O)c(O)c4)oc4cc(O)cc(O)c4c3=O)[C@H](O)[C@@H](O)[C@@H]2O)[C@H](O)[C@H](O)[C@H]1O. The van der Waals surface area contributed by atoms with E-state index in [1.54, 1.807) is 0 Å². The largest absolute Gasteiger partial charge is 0.508 e. The lowest BCUT2D eigenvalue weighted by Crippen LogP contribution is -2.61. The zero-order valence-electron chi connectivity index (χ0n) is 25.2. The van der Waals surface area contributed by atoms with Gasteiger partial charge in [-0.25, -0.2) is 0 Å². The molecule has 2 aliphatic heterocycles. The van der Waals surface area contributed by atoms with Crippen molar-refractivity contribution >= 4 is 16.8 Å². The number of ether oxygens (including phenoxy) is 4. The average Bonchev–Trinajstić information content (AvgIpc) is 2.99. The fraction of sp³-hybridized carbons (Fsp3) is 0.467. The number of aliphatic hydroxyl groups excluding tert-OH is 6. The molecule has 17 nitrogen and oxygen atoms in total. The topological polar surface area (TPSA) is 286 Å². The monoisotopic (exact) mass is 668 g/mol. The molecule has 5 rings (SSSR count). The summed E-state index contributed by atoms with van der Waals surface area (Å²) < 4.78 is 27.8. The number of hydrogen-bond acceptors (Lipinski definition) is 17. The van der Waals surface area contributed by atoms with Crippen LogP contribution in [-0.4, -0.2) is 125 Å². The van der Waals surface area contributed by atoms with E-state index in [4.69, 9.17) is 23.4 Å². The van der Waals surface area contributed by atoms with Crippen molar-refractivity contribution in [1.82, 2.24) is 0 Å². The van der Waals surface area contributed by atoms with Gasteiger partial charge in [-0.05, 0) is 39.0 Å². The van der Waals surface area contributed by atoms with Gasteiger partial charge in [-0.15, -0.1) is 0 Å². The van der Waals surface area contributed by atoms with Crippen LogP contribution in [0, 0.1) is 0 Å². The van der Waals surface area contributed by atoms with Gasteiger partial charge in [0.05, 0.1) is 12.7 Å². The van der Waals surface area contributed by atoms with Crippen LogP contribution in [0.3, 0.4) is 0 Å². The predicted octanol–water partition coefficient (Wildman–Crippen LogP) is -1.09. The van der Waals surface area contributed by atoms with E-state index in [0.29, 0.717) is 0 Å². The summed E-state index contributed by atoms with van der Waals surface area (Å²) in [4.78, 5) is 23.0. The Morgan fingerprint density at radius 1 is 0.766 bits per heavy atom. The van der Waals surface area contributed by atoms with Crippen molar-refractivity contribution in [3.05, 3.63) is 40.6 Å². The predicted molar refractivity (Wildman–Crippen MR) is 157 cm³/mol. The number of carbonyl (C=O) groups is 1. The zero-order valence-corrected chi connectivity index (χ0v) is 25.2. The number of benzene rings is 2. The van der Waals surface area contributed by atoms with E-state index >= 15 is 0 Å². The highest BCUT2D eigenvalue weighted by Gasteiger charge is 2.47. The lowest BCUT2D eigenvalue weighted by molar-refractivity contribution is -0.318. The molecule has 3 heterocycles. The third-order valence-electron chi connectivity index (χ3n) is 7.29. The van der Waals surface area contributed by atoms with Gasteiger partial charge in [0.2, 0.25) is 17.5 Å². The Morgan fingerprint density at radius 3 is 2.02 bits per heavy atom. The quantitative estimate of drug-likeness (QED) is 0.140. The van der Waals surface area contributed by atoms with Crippen LogP contribution in [0.5, 0.6) is 28.7 Å². The Balaban J connectivity index is 0.00000118. The van der Waals surface area contributed by atoms with Crippen molar-refractivity contribution in [3.63, 3.8) is 0 Å². The van der Waals surface area contributed by atoms with Crippen LogP contribution in [0.2, 0.25) is 0 Å². The first kappa shape index (κ1) is 35.8. The molecule has 2 aromatic carbocycles. The molecule has 3 aromatic rings. The minimum atomic E-state index is -1.97. The number of carbonyl (C=O) groups excluding carboxylic acids is 1. The second-order valence-electron chi connectivity index (χ2n) is 11.2. The maximum absolute atomic E-state index is 13.6. The minimum absolute atomic E-state index is 0.0313. The van der Waals surface area contributed by atoms with E-state index in [1.807, 2.05) is 0 Å². The zero-order chi connectivity index (χ0) is 34.9. The van der Waals surface area contributed by atoms with E-state index in [0.717, 1.165) is 24.3 Å². The van der Waals surface area contributed by atoms with Crippen molar-refractivity contribution in [2.75, 3.05) is 6.61 Å². The number of phenols is 4. The van der Waals surface area contributed by atoms with Gasteiger partial charge in [0.1, 0.15) is 71.0 Å². The van der Waals surface area contributed by atoms with Gasteiger partial charge in [0, 0.05) is 17.7 Å². The van der Waals surface area contributed by atoms with Crippen molar-refractivity contribution < 1.29 is 79.2 Å². The molecule has 258 valence electrons. The summed E-state index contributed by atoms with van der Waals surface area (Å²) in [5, 5.41) is 101. The Bertz CT molecular complexity index is 1630. The number of fused-ring (bicyclic) bond motifs is 1. The van der Waals surface area contributed by atoms with Gasteiger partial charge in [0.25, 0.3) is 0 Å². The Kier molecular flexibility index (Phi) is 11.0. The molecule has 0 radical (unpaired) electrons. The van der Waals surface area contributed by atoms with E-state index in [2.05, 4.69) is 0 Å². The van der Waals surface area contributed by atoms with Crippen molar-refractivity contribution in [1.29, 1.82) is 0 Å². The Morgan fingerprint density at radius 2 is 1.38 bits per heavy atom. The summed E-state index contributed by atoms with van der Waals surface area (Å²) in [5.74, 6) is -3.16. The van der Waals surface area contributed by atoms with Gasteiger partial charge in [0.15, 0.2) is 23.5 Å². The molecule has 10 atom stereocenters. The molecular formula is C30H36O17. The van der Waals surface area contributed by atoms with Crippen LogP contribution < -0.4 is 10.2 Å². The molecule has 47 heavy (non-hydrogen) atoms. The molecule has 1 aromatic heterocycles. The second kappa shape index (κ2) is 14.4. The standard InChI is InChI=1S/C27H30O16.C3H6O/c1-8-17(32)20(35)22(37)26(40-8)39-7-15-18(33)21(36)23(38)27(42-15)43-25-19(34)16-13(31)5-10(28)6-14(16)41-24(25)9-2-3-11(29)12(30)4-9;1-3(2)4/h2-6,8,15,17-18,20-23,26-33,35-38H,7H2,1H3;1-2H3/t8-,15+,17-,18+,20+,21-,22+,23+,26+,27-;/m0./s1. The molecule has 2 fully saturated rings. The van der Waals surface area contributed by atoms with Crippen molar-refractivity contribution in [2.24, 2.45) is 0 Å². The number of hydrogen-bond donors (Lipinski definition) is 10. The first-order chi connectivity index (χ1) is 22.0. The summed E-state index contributed by atoms with van der Waals surface area (Å²) in [7, 11) is 0. The Hall–Kier alpha value is -4.04. The van der Waals surface area contributed by atoms with E-state index in [-0.39, 0.29) is 16.9 Å². The molecular weight excluding hydrogens is 632 g/mol. The number of aliphatic hydroxyl groups is 6. The first-order valence-electron chi connectivity index (χ1n) is 14.2. The summed E-state index contributed by atoms with van der Waals surface area (Å²) in [6, 6.07) is 5.24. The molecule has 2 saturated heterocycles. The van der Waals surface area contributed by atoms with Crippen molar-refractivity contribution in [2.45, 2.75) is 82.2 Å². The lowest BCUT2D eigenvalue weighted by Gasteiger charge is -2.42. The summed E-state index contributed by atoms with van der Waals surface area (Å²) in [6.45, 7) is 3.87. The van der Waals surface area contributed by atoms with E-state index < -0.39 is 113 Å². The molecule has 0 saturated carbocycles. The summed E-state index contributed by atoms with van der Waals surface area (Å²) in [5.41, 5.74) is -1.35. The molecule has 0 unspecified atom stereocenters. The smallest absolute Gasteiger partial charge is 0.239 e. The van der Waals surface area contributed by atoms with Crippen LogP contribution in [0.4, 0.5) is 0 Å². The van der Waals surface area contributed by atoms with Crippen LogP contribution in [0.25, 0.3) is 22.3 Å². The molecule has 10 N–H and O–H groups in total. The maximum atomic E-state index is 13.6. The number of aromatic hydroxyl groups is 4. The van der Waals surface area contributed by atoms with Gasteiger partial charge in [-0.2, -0.15) is 0 Å². The number of Topliss-reactive ketones (excluding diaryl/α,β-unsaturated/α-hetero) is 1. The second-order valence-corrected chi connectivity index (χ2v) is 11.2.